The van der Waals surface area contributed by atoms with Gasteiger partial charge in [0.2, 0.25) is 15.9 Å². The summed E-state index contributed by atoms with van der Waals surface area (Å²) in [6.45, 7) is 4.34. The van der Waals surface area contributed by atoms with E-state index >= 15 is 0 Å². The quantitative estimate of drug-likeness (QED) is 0.875. The van der Waals surface area contributed by atoms with Crippen molar-refractivity contribution >= 4 is 21.6 Å². The summed E-state index contributed by atoms with van der Waals surface area (Å²) in [6, 6.07) is 13.7. The zero-order valence-electron chi connectivity index (χ0n) is 15.1. The van der Waals surface area contributed by atoms with E-state index in [0.29, 0.717) is 25.1 Å². The number of anilines is 1. The van der Waals surface area contributed by atoms with Crippen molar-refractivity contribution in [3.05, 3.63) is 59.7 Å². The fourth-order valence-electron chi connectivity index (χ4n) is 3.18. The van der Waals surface area contributed by atoms with Crippen molar-refractivity contribution in [3.8, 4) is 0 Å². The van der Waals surface area contributed by atoms with Crippen LogP contribution in [0.5, 0.6) is 0 Å². The molecule has 6 heteroatoms. The van der Waals surface area contributed by atoms with Crippen LogP contribution in [-0.2, 0) is 21.2 Å². The maximum absolute atomic E-state index is 12.9. The highest BCUT2D eigenvalue weighted by Crippen LogP contribution is 2.27. The van der Waals surface area contributed by atoms with E-state index in [0.717, 1.165) is 12.0 Å². The van der Waals surface area contributed by atoms with Gasteiger partial charge in [-0.1, -0.05) is 36.8 Å². The number of hydrogen-bond acceptors (Lipinski definition) is 3. The third kappa shape index (κ3) is 3.81. The summed E-state index contributed by atoms with van der Waals surface area (Å²) in [5.74, 6) is -0.276. The van der Waals surface area contributed by atoms with Gasteiger partial charge in [0.1, 0.15) is 6.04 Å². The number of hydrogen-bond donors (Lipinski definition) is 1. The Morgan fingerprint density at radius 2 is 1.77 bits per heavy atom. The maximum Gasteiger partial charge on any atom is 0.243 e. The van der Waals surface area contributed by atoms with Gasteiger partial charge in [0.05, 0.1) is 4.90 Å². The first-order valence-electron chi connectivity index (χ1n) is 8.90. The topological polar surface area (TPSA) is 66.5 Å². The van der Waals surface area contributed by atoms with Crippen LogP contribution in [-0.4, -0.2) is 31.2 Å². The van der Waals surface area contributed by atoms with Gasteiger partial charge in [-0.15, -0.1) is 0 Å². The molecule has 0 radical (unpaired) electrons. The molecule has 3 rings (SSSR count). The number of aryl methyl sites for hydroxylation is 2. The van der Waals surface area contributed by atoms with E-state index in [1.54, 1.807) is 24.3 Å². The second-order valence-corrected chi connectivity index (χ2v) is 8.52. The molecular formula is C20H24N2O3S. The van der Waals surface area contributed by atoms with Crippen molar-refractivity contribution in [2.45, 2.75) is 44.0 Å². The summed E-state index contributed by atoms with van der Waals surface area (Å²) in [5.41, 5.74) is 2.87. The molecule has 26 heavy (non-hydrogen) atoms. The molecule has 0 spiro atoms. The van der Waals surface area contributed by atoms with Gasteiger partial charge in [0, 0.05) is 12.2 Å². The molecule has 1 heterocycles. The van der Waals surface area contributed by atoms with Crippen LogP contribution in [0.3, 0.4) is 0 Å². The summed E-state index contributed by atoms with van der Waals surface area (Å²) in [6.07, 6.45) is 2.14. The molecule has 0 bridgehead atoms. The maximum atomic E-state index is 12.9. The van der Waals surface area contributed by atoms with Gasteiger partial charge in [-0.3, -0.25) is 4.79 Å². The number of carbonyl (C=O) groups excluding carboxylic acids is 1. The van der Waals surface area contributed by atoms with Gasteiger partial charge in [-0.25, -0.2) is 8.42 Å². The zero-order valence-corrected chi connectivity index (χ0v) is 15.9. The summed E-state index contributed by atoms with van der Waals surface area (Å²) in [5, 5.41) is 2.85. The summed E-state index contributed by atoms with van der Waals surface area (Å²) in [4.78, 5) is 12.9. The lowest BCUT2D eigenvalue weighted by atomic mass is 10.1. The van der Waals surface area contributed by atoms with Crippen molar-refractivity contribution in [3.63, 3.8) is 0 Å². The van der Waals surface area contributed by atoms with Crippen molar-refractivity contribution in [2.75, 3.05) is 11.9 Å². The number of carbonyl (C=O) groups is 1. The smallest absolute Gasteiger partial charge is 0.243 e. The minimum absolute atomic E-state index is 0.232. The number of benzene rings is 2. The first kappa shape index (κ1) is 18.6. The molecule has 1 N–H and O–H groups in total. The van der Waals surface area contributed by atoms with E-state index in [2.05, 4.69) is 12.2 Å². The standard InChI is InChI=1S/C20H24N2O3S/c1-3-16-8-10-17(11-9-16)21-20(23)19-5-4-14-22(19)26(24,25)18-12-6-15(2)7-13-18/h6-13,19H,3-5,14H2,1-2H3,(H,21,23). The fraction of sp³-hybridized carbons (Fsp3) is 0.350. The largest absolute Gasteiger partial charge is 0.325 e. The van der Waals surface area contributed by atoms with E-state index in [-0.39, 0.29) is 10.8 Å². The Morgan fingerprint density at radius 3 is 2.38 bits per heavy atom. The molecule has 1 atom stereocenters. The van der Waals surface area contributed by atoms with E-state index < -0.39 is 16.1 Å². The molecule has 1 unspecified atom stereocenters. The predicted octanol–water partition coefficient (Wildman–Crippen LogP) is 3.35. The molecule has 1 amide bonds. The first-order chi connectivity index (χ1) is 12.4. The molecule has 1 aliphatic heterocycles. The van der Waals surface area contributed by atoms with E-state index in [9.17, 15) is 13.2 Å². The third-order valence-corrected chi connectivity index (χ3v) is 6.69. The average Bonchev–Trinajstić information content (AvgIpc) is 3.13. The Balaban J connectivity index is 1.78. The van der Waals surface area contributed by atoms with Crippen LogP contribution >= 0.6 is 0 Å². The van der Waals surface area contributed by atoms with Crippen molar-refractivity contribution < 1.29 is 13.2 Å². The van der Waals surface area contributed by atoms with Gasteiger partial charge in [0.15, 0.2) is 0 Å². The van der Waals surface area contributed by atoms with Crippen LogP contribution in [0, 0.1) is 6.92 Å². The number of rotatable bonds is 5. The molecule has 138 valence electrons. The predicted molar refractivity (Wildman–Crippen MR) is 103 cm³/mol. The normalized spacial score (nSPS) is 18.0. The van der Waals surface area contributed by atoms with Crippen molar-refractivity contribution in [1.29, 1.82) is 0 Å². The fourth-order valence-corrected chi connectivity index (χ4v) is 4.84. The second kappa shape index (κ2) is 7.60. The Kier molecular flexibility index (Phi) is 5.44. The van der Waals surface area contributed by atoms with Crippen LogP contribution < -0.4 is 5.32 Å². The van der Waals surface area contributed by atoms with E-state index in [1.807, 2.05) is 31.2 Å². The van der Waals surface area contributed by atoms with E-state index in [4.69, 9.17) is 0 Å². The summed E-state index contributed by atoms with van der Waals surface area (Å²) < 4.78 is 27.2. The Morgan fingerprint density at radius 1 is 1.12 bits per heavy atom. The van der Waals surface area contributed by atoms with Crippen LogP contribution in [0.15, 0.2) is 53.4 Å². The SMILES string of the molecule is CCc1ccc(NC(=O)C2CCCN2S(=O)(=O)c2ccc(C)cc2)cc1. The van der Waals surface area contributed by atoms with Crippen molar-refractivity contribution in [2.24, 2.45) is 0 Å². The molecule has 0 aliphatic carbocycles. The van der Waals surface area contributed by atoms with Crippen LogP contribution in [0.2, 0.25) is 0 Å². The molecule has 2 aromatic carbocycles. The number of amides is 1. The highest BCUT2D eigenvalue weighted by atomic mass is 32.2. The molecule has 0 aromatic heterocycles. The highest BCUT2D eigenvalue weighted by molar-refractivity contribution is 7.89. The van der Waals surface area contributed by atoms with Gasteiger partial charge in [-0.2, -0.15) is 4.31 Å². The average molecular weight is 372 g/mol. The monoisotopic (exact) mass is 372 g/mol. The molecule has 1 fully saturated rings. The van der Waals surface area contributed by atoms with Crippen LogP contribution in [0.1, 0.15) is 30.9 Å². The van der Waals surface area contributed by atoms with Crippen LogP contribution in [0.4, 0.5) is 5.69 Å². The van der Waals surface area contributed by atoms with Gasteiger partial charge >= 0.3 is 0 Å². The number of nitrogens with one attached hydrogen (secondary N) is 1. The molecular weight excluding hydrogens is 348 g/mol. The molecule has 1 aliphatic rings. The molecule has 0 saturated carbocycles. The highest BCUT2D eigenvalue weighted by Gasteiger charge is 2.39. The van der Waals surface area contributed by atoms with Crippen molar-refractivity contribution in [1.82, 2.24) is 4.31 Å². The summed E-state index contributed by atoms with van der Waals surface area (Å²) >= 11 is 0. The van der Waals surface area contributed by atoms with Crippen LogP contribution in [0.25, 0.3) is 0 Å². The number of nitrogens with zero attached hydrogens (tertiary/aromatic N) is 1. The van der Waals surface area contributed by atoms with Gasteiger partial charge < -0.3 is 5.32 Å². The summed E-state index contributed by atoms with van der Waals surface area (Å²) in [7, 11) is -3.68. The zero-order chi connectivity index (χ0) is 18.7. The lowest BCUT2D eigenvalue weighted by Gasteiger charge is -2.23. The second-order valence-electron chi connectivity index (χ2n) is 6.63. The minimum Gasteiger partial charge on any atom is -0.325 e. The van der Waals surface area contributed by atoms with Gasteiger partial charge in [-0.05, 0) is 56.0 Å². The Bertz CT molecular complexity index is 874. The minimum atomic E-state index is -3.68. The Hall–Kier alpha value is -2.18. The molecule has 2 aromatic rings. The lowest BCUT2D eigenvalue weighted by Crippen LogP contribution is -2.43. The molecule has 5 nitrogen and oxygen atoms in total. The Labute approximate surface area is 155 Å². The number of sulfonamides is 1. The lowest BCUT2D eigenvalue weighted by molar-refractivity contribution is -0.119. The van der Waals surface area contributed by atoms with E-state index in [1.165, 1.54) is 9.87 Å². The van der Waals surface area contributed by atoms with Gasteiger partial charge in [0.25, 0.3) is 0 Å². The molecule has 1 saturated heterocycles. The first-order valence-corrected chi connectivity index (χ1v) is 10.3. The third-order valence-electron chi connectivity index (χ3n) is 4.76.